The van der Waals surface area contributed by atoms with Crippen LogP contribution in [0.3, 0.4) is 0 Å². The van der Waals surface area contributed by atoms with Gasteiger partial charge in [-0.25, -0.2) is 0 Å². The second-order valence-electron chi connectivity index (χ2n) is 5.08. The van der Waals surface area contributed by atoms with Gasteiger partial charge < -0.3 is 9.63 Å². The average Bonchev–Trinajstić information content (AvgIpc) is 3.17. The maximum absolute atomic E-state index is 10.2. The van der Waals surface area contributed by atoms with Crippen LogP contribution in [0.2, 0.25) is 0 Å². The summed E-state index contributed by atoms with van der Waals surface area (Å²) < 4.78 is 5.17. The summed E-state index contributed by atoms with van der Waals surface area (Å²) >= 11 is 1.89. The van der Waals surface area contributed by atoms with Crippen molar-refractivity contribution in [1.82, 2.24) is 10.1 Å². The minimum absolute atomic E-state index is 0.276. The lowest BCUT2D eigenvalue weighted by molar-refractivity contribution is 0.170. The summed E-state index contributed by atoms with van der Waals surface area (Å²) in [7, 11) is 0. The van der Waals surface area contributed by atoms with Crippen molar-refractivity contribution < 1.29 is 9.63 Å². The van der Waals surface area contributed by atoms with E-state index in [1.54, 1.807) is 0 Å². The predicted octanol–water partition coefficient (Wildman–Crippen LogP) is 3.33. The number of aliphatic hydroxyl groups excluding tert-OH is 1. The molecule has 0 saturated heterocycles. The van der Waals surface area contributed by atoms with Gasteiger partial charge in [0.25, 0.3) is 5.89 Å². The van der Waals surface area contributed by atoms with Gasteiger partial charge in [-0.05, 0) is 18.4 Å². The van der Waals surface area contributed by atoms with E-state index in [1.807, 2.05) is 42.1 Å². The number of benzene rings is 1. The molecule has 1 N–H and O–H groups in total. The third-order valence-electron chi connectivity index (χ3n) is 3.58. The quantitative estimate of drug-likeness (QED) is 0.915. The molecule has 1 atom stereocenters. The van der Waals surface area contributed by atoms with Crippen molar-refractivity contribution in [1.29, 1.82) is 0 Å². The molecule has 0 radical (unpaired) electrons. The molecular weight excluding hydrogens is 272 g/mol. The van der Waals surface area contributed by atoms with Crippen LogP contribution >= 0.6 is 11.8 Å². The zero-order valence-electron chi connectivity index (χ0n) is 11.2. The Morgan fingerprint density at radius 3 is 2.75 bits per heavy atom. The fourth-order valence-corrected chi connectivity index (χ4v) is 3.63. The van der Waals surface area contributed by atoms with Crippen LogP contribution in [-0.2, 0) is 5.75 Å². The fraction of sp³-hybridized carbons (Fsp3) is 0.467. The Morgan fingerprint density at radius 1 is 1.25 bits per heavy atom. The molecule has 0 spiro atoms. The highest BCUT2D eigenvalue weighted by atomic mass is 32.2. The maximum atomic E-state index is 10.2. The van der Waals surface area contributed by atoms with E-state index >= 15 is 0 Å². The van der Waals surface area contributed by atoms with Crippen molar-refractivity contribution in [3.05, 3.63) is 47.6 Å². The first-order valence-electron chi connectivity index (χ1n) is 7.00. The number of hydrogen-bond donors (Lipinski definition) is 1. The van der Waals surface area contributed by atoms with Gasteiger partial charge in [0, 0.05) is 5.25 Å². The van der Waals surface area contributed by atoms with Crippen LogP contribution in [0.4, 0.5) is 0 Å². The van der Waals surface area contributed by atoms with Gasteiger partial charge in [0.05, 0.1) is 5.75 Å². The van der Waals surface area contributed by atoms with Crippen LogP contribution < -0.4 is 0 Å². The Bertz CT molecular complexity index is 538. The Morgan fingerprint density at radius 2 is 2.00 bits per heavy atom. The number of nitrogens with zero attached hydrogens (tertiary/aromatic N) is 2. The molecule has 1 saturated carbocycles. The first-order chi connectivity index (χ1) is 9.83. The zero-order chi connectivity index (χ0) is 13.8. The molecule has 1 aromatic heterocycles. The van der Waals surface area contributed by atoms with Crippen molar-refractivity contribution >= 4 is 11.8 Å². The first kappa shape index (κ1) is 13.6. The lowest BCUT2D eigenvalue weighted by Crippen LogP contribution is -2.00. The van der Waals surface area contributed by atoms with E-state index in [9.17, 15) is 5.11 Å². The normalized spacial score (nSPS) is 17.4. The van der Waals surface area contributed by atoms with Crippen LogP contribution in [0.25, 0.3) is 0 Å². The van der Waals surface area contributed by atoms with E-state index in [4.69, 9.17) is 4.52 Å². The summed E-state index contributed by atoms with van der Waals surface area (Å²) in [6, 6.07) is 9.37. The molecule has 3 rings (SSSR count). The van der Waals surface area contributed by atoms with Gasteiger partial charge in [-0.3, -0.25) is 0 Å². The molecule has 1 aliphatic carbocycles. The molecule has 106 valence electrons. The Balaban J connectivity index is 1.61. The number of aromatic nitrogens is 2. The monoisotopic (exact) mass is 290 g/mol. The summed E-state index contributed by atoms with van der Waals surface area (Å²) in [6.07, 6.45) is 4.42. The van der Waals surface area contributed by atoms with E-state index < -0.39 is 6.10 Å². The Kier molecular flexibility index (Phi) is 4.38. The Hall–Kier alpha value is -1.33. The minimum Gasteiger partial charge on any atom is -0.378 e. The van der Waals surface area contributed by atoms with Gasteiger partial charge >= 0.3 is 0 Å². The summed E-state index contributed by atoms with van der Waals surface area (Å²) in [5.74, 6) is 1.71. The molecule has 1 unspecified atom stereocenters. The predicted molar refractivity (Wildman–Crippen MR) is 78.4 cm³/mol. The van der Waals surface area contributed by atoms with E-state index in [0.29, 0.717) is 5.82 Å². The van der Waals surface area contributed by atoms with E-state index in [0.717, 1.165) is 16.6 Å². The van der Waals surface area contributed by atoms with Gasteiger partial charge in [0.1, 0.15) is 0 Å². The lowest BCUT2D eigenvalue weighted by atomic mass is 10.1. The SMILES string of the molecule is OC(c1ccccc1)c1nc(CSC2CCCC2)no1. The van der Waals surface area contributed by atoms with Crippen LogP contribution in [0.5, 0.6) is 0 Å². The fourth-order valence-electron chi connectivity index (χ4n) is 2.46. The number of aliphatic hydroxyl groups is 1. The number of hydrogen-bond acceptors (Lipinski definition) is 5. The number of thioether (sulfide) groups is 1. The van der Waals surface area contributed by atoms with Crippen molar-refractivity contribution in [2.75, 3.05) is 0 Å². The minimum atomic E-state index is -0.839. The first-order valence-corrected chi connectivity index (χ1v) is 8.05. The molecule has 1 aliphatic rings. The van der Waals surface area contributed by atoms with E-state index in [-0.39, 0.29) is 5.89 Å². The topological polar surface area (TPSA) is 59.2 Å². The van der Waals surface area contributed by atoms with Crippen LogP contribution in [0, 0.1) is 0 Å². The standard InChI is InChI=1S/C15H18N2O2S/c18-14(11-6-2-1-3-7-11)15-16-13(17-19-15)10-20-12-8-4-5-9-12/h1-3,6-7,12,14,18H,4-5,8-10H2. The molecule has 0 aliphatic heterocycles. The van der Waals surface area contributed by atoms with Gasteiger partial charge in [0.2, 0.25) is 0 Å². The van der Waals surface area contributed by atoms with Crippen molar-refractivity contribution in [2.24, 2.45) is 0 Å². The number of rotatable bonds is 5. The van der Waals surface area contributed by atoms with Crippen LogP contribution in [-0.4, -0.2) is 20.5 Å². The molecule has 0 amide bonds. The summed E-state index contributed by atoms with van der Waals surface area (Å²) in [5.41, 5.74) is 0.770. The summed E-state index contributed by atoms with van der Waals surface area (Å²) in [6.45, 7) is 0. The second-order valence-corrected chi connectivity index (χ2v) is 6.37. The highest BCUT2D eigenvalue weighted by molar-refractivity contribution is 7.99. The van der Waals surface area contributed by atoms with Gasteiger partial charge in [-0.1, -0.05) is 48.3 Å². The van der Waals surface area contributed by atoms with Crippen molar-refractivity contribution in [3.8, 4) is 0 Å². The van der Waals surface area contributed by atoms with Gasteiger partial charge in [-0.2, -0.15) is 16.7 Å². The molecule has 1 fully saturated rings. The summed E-state index contributed by atoms with van der Waals surface area (Å²) in [4.78, 5) is 4.30. The van der Waals surface area contributed by atoms with Crippen LogP contribution in [0.15, 0.2) is 34.9 Å². The highest BCUT2D eigenvalue weighted by Crippen LogP contribution is 2.31. The molecule has 1 aromatic carbocycles. The zero-order valence-corrected chi connectivity index (χ0v) is 12.1. The van der Waals surface area contributed by atoms with Crippen molar-refractivity contribution in [3.63, 3.8) is 0 Å². The molecule has 0 bridgehead atoms. The molecule has 20 heavy (non-hydrogen) atoms. The second kappa shape index (κ2) is 6.41. The van der Waals surface area contributed by atoms with Crippen molar-refractivity contribution in [2.45, 2.75) is 42.8 Å². The van der Waals surface area contributed by atoms with Crippen LogP contribution in [0.1, 0.15) is 49.1 Å². The van der Waals surface area contributed by atoms with E-state index in [1.165, 1.54) is 25.7 Å². The Labute approximate surface area is 122 Å². The molecule has 4 nitrogen and oxygen atoms in total. The highest BCUT2D eigenvalue weighted by Gasteiger charge is 2.20. The lowest BCUT2D eigenvalue weighted by Gasteiger charge is -2.05. The largest absolute Gasteiger partial charge is 0.378 e. The molecule has 2 aromatic rings. The van der Waals surface area contributed by atoms with E-state index in [2.05, 4.69) is 10.1 Å². The van der Waals surface area contributed by atoms with Gasteiger partial charge in [0.15, 0.2) is 11.9 Å². The third kappa shape index (κ3) is 3.22. The average molecular weight is 290 g/mol. The third-order valence-corrected chi connectivity index (χ3v) is 4.95. The molecular formula is C15H18N2O2S. The molecule has 5 heteroatoms. The van der Waals surface area contributed by atoms with Gasteiger partial charge in [-0.15, -0.1) is 0 Å². The smallest absolute Gasteiger partial charge is 0.260 e. The molecule has 1 heterocycles. The summed E-state index contributed by atoms with van der Waals surface area (Å²) in [5, 5.41) is 14.9. The maximum Gasteiger partial charge on any atom is 0.260 e.